The molecule has 0 amide bonds. The Balaban J connectivity index is 2.20. The van der Waals surface area contributed by atoms with E-state index in [4.69, 9.17) is 5.73 Å². The van der Waals surface area contributed by atoms with Crippen molar-refractivity contribution in [1.82, 2.24) is 14.4 Å². The summed E-state index contributed by atoms with van der Waals surface area (Å²) in [5, 5.41) is 0. The van der Waals surface area contributed by atoms with Crippen LogP contribution >= 0.6 is 0 Å². The normalized spacial score (nSPS) is 20.4. The van der Waals surface area contributed by atoms with E-state index in [9.17, 15) is 0 Å². The molecule has 4 heteroatoms. The molecular formula is C11H14N4. The number of nitrogens with zero attached hydrogens (tertiary/aromatic N) is 3. The summed E-state index contributed by atoms with van der Waals surface area (Å²) in [7, 11) is 0. The second kappa shape index (κ2) is 2.79. The smallest absolute Gasteiger partial charge is 0.155 e. The molecule has 0 radical (unpaired) electrons. The Labute approximate surface area is 88.1 Å². The molecule has 2 aromatic heterocycles. The fourth-order valence-electron chi connectivity index (χ4n) is 2.29. The van der Waals surface area contributed by atoms with Gasteiger partial charge in [-0.1, -0.05) is 0 Å². The van der Waals surface area contributed by atoms with E-state index in [-0.39, 0.29) is 11.5 Å². The Bertz CT molecular complexity index is 496. The van der Waals surface area contributed by atoms with Crippen molar-refractivity contribution in [3.8, 4) is 0 Å². The van der Waals surface area contributed by atoms with Gasteiger partial charge in [0.1, 0.15) is 0 Å². The molecule has 0 aromatic carbocycles. The largest absolute Gasteiger partial charge is 0.327 e. The predicted molar refractivity (Wildman–Crippen MR) is 57.5 cm³/mol. The van der Waals surface area contributed by atoms with Crippen molar-refractivity contribution in [2.24, 2.45) is 5.73 Å². The van der Waals surface area contributed by atoms with E-state index in [0.29, 0.717) is 0 Å². The van der Waals surface area contributed by atoms with Crippen molar-refractivity contribution in [2.45, 2.75) is 31.2 Å². The minimum atomic E-state index is 0.154. The van der Waals surface area contributed by atoms with Crippen LogP contribution in [0.4, 0.5) is 0 Å². The average molecular weight is 202 g/mol. The van der Waals surface area contributed by atoms with Gasteiger partial charge in [-0.25, -0.2) is 4.98 Å². The zero-order valence-corrected chi connectivity index (χ0v) is 8.72. The summed E-state index contributed by atoms with van der Waals surface area (Å²) in [6.45, 7) is 2.08. The first-order valence-electron chi connectivity index (χ1n) is 5.27. The van der Waals surface area contributed by atoms with Crippen LogP contribution in [0.15, 0.2) is 24.8 Å². The van der Waals surface area contributed by atoms with Crippen molar-refractivity contribution < 1.29 is 0 Å². The van der Waals surface area contributed by atoms with Crippen LogP contribution in [-0.2, 0) is 5.41 Å². The lowest BCUT2D eigenvalue weighted by atomic mass is 9.95. The molecule has 4 nitrogen and oxygen atoms in total. The van der Waals surface area contributed by atoms with Gasteiger partial charge in [-0.15, -0.1) is 0 Å². The quantitative estimate of drug-likeness (QED) is 0.793. The van der Waals surface area contributed by atoms with Crippen LogP contribution in [0, 0.1) is 0 Å². The van der Waals surface area contributed by atoms with E-state index in [2.05, 4.69) is 21.3 Å². The van der Waals surface area contributed by atoms with E-state index in [0.717, 1.165) is 5.65 Å². The van der Waals surface area contributed by atoms with Crippen LogP contribution in [0.3, 0.4) is 0 Å². The van der Waals surface area contributed by atoms with Crippen molar-refractivity contribution in [3.63, 3.8) is 0 Å². The molecule has 2 aromatic rings. The molecular weight excluding hydrogens is 188 g/mol. The van der Waals surface area contributed by atoms with Gasteiger partial charge in [0.15, 0.2) is 5.65 Å². The molecule has 0 bridgehead atoms. The van der Waals surface area contributed by atoms with Gasteiger partial charge in [0.05, 0.1) is 11.9 Å². The van der Waals surface area contributed by atoms with Crippen LogP contribution < -0.4 is 5.73 Å². The molecule has 1 aliphatic rings. The van der Waals surface area contributed by atoms with Gasteiger partial charge in [-0.05, 0) is 19.8 Å². The lowest BCUT2D eigenvalue weighted by Crippen LogP contribution is -2.32. The lowest BCUT2D eigenvalue weighted by Gasteiger charge is -2.18. The molecule has 2 heterocycles. The SMILES string of the molecule is CC(N)C1(c2cnc3cnccn23)CC1. The minimum absolute atomic E-state index is 0.154. The Morgan fingerprint density at radius 1 is 1.47 bits per heavy atom. The molecule has 1 fully saturated rings. The first-order valence-corrected chi connectivity index (χ1v) is 5.27. The van der Waals surface area contributed by atoms with Gasteiger partial charge < -0.3 is 10.1 Å². The van der Waals surface area contributed by atoms with Crippen molar-refractivity contribution >= 4 is 5.65 Å². The number of nitrogens with two attached hydrogens (primary N) is 1. The van der Waals surface area contributed by atoms with Crippen molar-refractivity contribution in [1.29, 1.82) is 0 Å². The zero-order valence-electron chi connectivity index (χ0n) is 8.72. The maximum Gasteiger partial charge on any atom is 0.155 e. The van der Waals surface area contributed by atoms with Crippen molar-refractivity contribution in [2.75, 3.05) is 0 Å². The van der Waals surface area contributed by atoms with Crippen LogP contribution in [-0.4, -0.2) is 20.4 Å². The summed E-state index contributed by atoms with van der Waals surface area (Å²) < 4.78 is 2.10. The molecule has 0 saturated heterocycles. The van der Waals surface area contributed by atoms with E-state index >= 15 is 0 Å². The lowest BCUT2D eigenvalue weighted by molar-refractivity contribution is 0.538. The minimum Gasteiger partial charge on any atom is -0.327 e. The number of hydrogen-bond acceptors (Lipinski definition) is 3. The summed E-state index contributed by atoms with van der Waals surface area (Å²) in [5.41, 5.74) is 8.35. The van der Waals surface area contributed by atoms with Gasteiger partial charge in [-0.2, -0.15) is 0 Å². The molecule has 1 saturated carbocycles. The van der Waals surface area contributed by atoms with E-state index in [1.165, 1.54) is 18.5 Å². The average Bonchev–Trinajstić information content (AvgIpc) is 2.93. The maximum absolute atomic E-state index is 6.06. The maximum atomic E-state index is 6.06. The molecule has 0 spiro atoms. The molecule has 0 aliphatic heterocycles. The summed E-state index contributed by atoms with van der Waals surface area (Å²) in [6, 6.07) is 0.186. The topological polar surface area (TPSA) is 56.2 Å². The van der Waals surface area contributed by atoms with Crippen LogP contribution in [0.1, 0.15) is 25.5 Å². The standard InChI is InChI=1S/C11H14N4/c1-8(12)11(2-3-11)9-6-14-10-7-13-4-5-15(9)10/h4-8H,2-3,12H2,1H3. The monoisotopic (exact) mass is 202 g/mol. The number of aromatic nitrogens is 3. The summed E-state index contributed by atoms with van der Waals surface area (Å²) >= 11 is 0. The van der Waals surface area contributed by atoms with Crippen LogP contribution in [0.25, 0.3) is 5.65 Å². The van der Waals surface area contributed by atoms with Gasteiger partial charge in [-0.3, -0.25) is 4.98 Å². The summed E-state index contributed by atoms with van der Waals surface area (Å²) in [5.74, 6) is 0. The highest BCUT2D eigenvalue weighted by atomic mass is 15.0. The van der Waals surface area contributed by atoms with Gasteiger partial charge in [0.2, 0.25) is 0 Å². The number of hydrogen-bond donors (Lipinski definition) is 1. The summed E-state index contributed by atoms with van der Waals surface area (Å²) in [4.78, 5) is 8.41. The third-order valence-corrected chi connectivity index (χ3v) is 3.49. The third-order valence-electron chi connectivity index (χ3n) is 3.49. The molecule has 15 heavy (non-hydrogen) atoms. The third kappa shape index (κ3) is 1.11. The fraction of sp³-hybridized carbons (Fsp3) is 0.455. The predicted octanol–water partition coefficient (Wildman–Crippen LogP) is 1.11. The van der Waals surface area contributed by atoms with E-state index < -0.39 is 0 Å². The molecule has 3 rings (SSSR count). The fourth-order valence-corrected chi connectivity index (χ4v) is 2.29. The number of imidazole rings is 1. The summed E-state index contributed by atoms with van der Waals surface area (Å²) in [6.07, 6.45) is 9.80. The van der Waals surface area contributed by atoms with Gasteiger partial charge >= 0.3 is 0 Å². The molecule has 2 N–H and O–H groups in total. The molecule has 78 valence electrons. The Morgan fingerprint density at radius 3 is 2.93 bits per heavy atom. The van der Waals surface area contributed by atoms with Crippen molar-refractivity contribution in [3.05, 3.63) is 30.5 Å². The molecule has 1 aliphatic carbocycles. The highest BCUT2D eigenvalue weighted by Crippen LogP contribution is 2.50. The second-order valence-electron chi connectivity index (χ2n) is 4.39. The first kappa shape index (κ1) is 8.85. The van der Waals surface area contributed by atoms with E-state index in [1.807, 2.05) is 12.4 Å². The second-order valence-corrected chi connectivity index (χ2v) is 4.39. The Kier molecular flexibility index (Phi) is 1.65. The molecule has 1 unspecified atom stereocenters. The highest BCUT2D eigenvalue weighted by molar-refractivity contribution is 5.41. The zero-order chi connectivity index (χ0) is 10.5. The number of rotatable bonds is 2. The van der Waals surface area contributed by atoms with Gasteiger partial charge in [0.25, 0.3) is 0 Å². The van der Waals surface area contributed by atoms with Crippen LogP contribution in [0.2, 0.25) is 0 Å². The molecule has 1 atom stereocenters. The Morgan fingerprint density at radius 2 is 2.27 bits per heavy atom. The Hall–Kier alpha value is -1.42. The van der Waals surface area contributed by atoms with E-state index in [1.54, 1.807) is 12.4 Å². The van der Waals surface area contributed by atoms with Gasteiger partial charge in [0, 0.05) is 30.0 Å². The highest BCUT2D eigenvalue weighted by Gasteiger charge is 2.49. The van der Waals surface area contributed by atoms with Crippen LogP contribution in [0.5, 0.6) is 0 Å². The first-order chi connectivity index (χ1) is 7.24. The number of fused-ring (bicyclic) bond motifs is 1.